The quantitative estimate of drug-likeness (QED) is 0.572. The zero-order chi connectivity index (χ0) is 23.6. The first kappa shape index (κ1) is 24.1. The van der Waals surface area contributed by atoms with Crippen molar-refractivity contribution in [2.24, 2.45) is 5.92 Å². The van der Waals surface area contributed by atoms with E-state index in [1.165, 1.54) is 41.4 Å². The number of sulfonamides is 1. The van der Waals surface area contributed by atoms with Crippen molar-refractivity contribution in [3.8, 4) is 5.75 Å². The minimum absolute atomic E-state index is 0.00545. The zero-order valence-electron chi connectivity index (χ0n) is 18.7. The Morgan fingerprint density at radius 2 is 2.00 bits per heavy atom. The molecule has 3 aliphatic rings. The third-order valence-corrected chi connectivity index (χ3v) is 9.40. The smallest absolute Gasteiger partial charge is 0.336 e. The fourth-order valence-corrected chi connectivity index (χ4v) is 7.43. The third-order valence-electron chi connectivity index (χ3n) is 6.08. The van der Waals surface area contributed by atoms with Crippen LogP contribution in [0.3, 0.4) is 0 Å². The molecule has 1 N–H and O–H groups in total. The predicted octanol–water partition coefficient (Wildman–Crippen LogP) is 2.14. The van der Waals surface area contributed by atoms with E-state index in [1.54, 1.807) is 6.92 Å². The van der Waals surface area contributed by atoms with Crippen molar-refractivity contribution in [2.75, 3.05) is 40.0 Å². The SMILES string of the molecule is CCOC(=O)C1=C(NC(=O)c2cc(S(=O)(=O)N3CCOCC3)ccc2OC)S[C@H]2CCC[C@H]12. The van der Waals surface area contributed by atoms with E-state index in [2.05, 4.69) is 5.32 Å². The van der Waals surface area contributed by atoms with Crippen molar-refractivity contribution in [2.45, 2.75) is 36.3 Å². The molecule has 2 atom stereocenters. The van der Waals surface area contributed by atoms with Gasteiger partial charge >= 0.3 is 5.97 Å². The van der Waals surface area contributed by atoms with Gasteiger partial charge in [-0.2, -0.15) is 4.31 Å². The number of rotatable bonds is 7. The molecule has 0 spiro atoms. The van der Waals surface area contributed by atoms with Crippen molar-refractivity contribution in [1.29, 1.82) is 0 Å². The lowest BCUT2D eigenvalue weighted by atomic mass is 9.98. The Hall–Kier alpha value is -2.08. The van der Waals surface area contributed by atoms with E-state index in [0.717, 1.165) is 19.3 Å². The lowest BCUT2D eigenvalue weighted by Crippen LogP contribution is -2.40. The molecule has 1 saturated carbocycles. The number of amides is 1. The molecular weight excluding hydrogens is 468 g/mol. The Balaban J connectivity index is 1.64. The van der Waals surface area contributed by atoms with E-state index in [0.29, 0.717) is 23.8 Å². The molecule has 2 heterocycles. The molecule has 1 saturated heterocycles. The first-order chi connectivity index (χ1) is 15.9. The molecule has 0 bridgehead atoms. The number of carbonyl (C=O) groups excluding carboxylic acids is 2. The summed E-state index contributed by atoms with van der Waals surface area (Å²) in [5.41, 5.74) is 0.592. The van der Waals surface area contributed by atoms with Crippen LogP contribution in [-0.4, -0.2) is 69.9 Å². The summed E-state index contributed by atoms with van der Waals surface area (Å²) in [6, 6.07) is 4.22. The van der Waals surface area contributed by atoms with E-state index in [-0.39, 0.29) is 47.1 Å². The Bertz CT molecular complexity index is 1060. The lowest BCUT2D eigenvalue weighted by molar-refractivity contribution is -0.139. The van der Waals surface area contributed by atoms with Crippen LogP contribution in [0.15, 0.2) is 33.7 Å². The molecule has 2 aliphatic heterocycles. The number of nitrogens with zero attached hydrogens (tertiary/aromatic N) is 1. The van der Waals surface area contributed by atoms with E-state index >= 15 is 0 Å². The Labute approximate surface area is 197 Å². The van der Waals surface area contributed by atoms with Gasteiger partial charge in [-0.1, -0.05) is 6.42 Å². The molecule has 0 radical (unpaired) electrons. The van der Waals surface area contributed by atoms with Crippen molar-refractivity contribution in [1.82, 2.24) is 9.62 Å². The van der Waals surface area contributed by atoms with Crippen molar-refractivity contribution in [3.05, 3.63) is 34.4 Å². The standard InChI is InChI=1S/C22H28N2O7S2/c1-3-31-22(26)19-15-5-4-6-18(15)32-21(19)23-20(25)16-13-14(7-8-17(16)29-2)33(27,28)24-9-11-30-12-10-24/h7-8,13,15,18H,3-6,9-12H2,1-2H3,(H,23,25)/t15-,18-/m0/s1. The normalized spacial score (nSPS) is 23.3. The van der Waals surface area contributed by atoms with Crippen LogP contribution in [0.5, 0.6) is 5.75 Å². The highest BCUT2D eigenvalue weighted by atomic mass is 32.2. The zero-order valence-corrected chi connectivity index (χ0v) is 20.3. The summed E-state index contributed by atoms with van der Waals surface area (Å²) in [6.07, 6.45) is 2.87. The highest BCUT2D eigenvalue weighted by molar-refractivity contribution is 8.04. The van der Waals surface area contributed by atoms with Crippen LogP contribution in [0, 0.1) is 5.92 Å². The van der Waals surface area contributed by atoms with Crippen LogP contribution in [0.2, 0.25) is 0 Å². The van der Waals surface area contributed by atoms with Crippen LogP contribution in [0.25, 0.3) is 0 Å². The van der Waals surface area contributed by atoms with Gasteiger partial charge in [0.25, 0.3) is 5.91 Å². The fourth-order valence-electron chi connectivity index (χ4n) is 4.46. The van der Waals surface area contributed by atoms with Crippen molar-refractivity contribution in [3.63, 3.8) is 0 Å². The second-order valence-corrected chi connectivity index (χ2v) is 11.2. The first-order valence-corrected chi connectivity index (χ1v) is 13.3. The van der Waals surface area contributed by atoms with Crippen LogP contribution in [-0.2, 0) is 24.3 Å². The molecule has 9 nitrogen and oxygen atoms in total. The highest BCUT2D eigenvalue weighted by Gasteiger charge is 2.43. The molecule has 1 amide bonds. The number of carbonyl (C=O) groups is 2. The van der Waals surface area contributed by atoms with E-state index in [1.807, 2.05) is 0 Å². The highest BCUT2D eigenvalue weighted by Crippen LogP contribution is 2.50. The topological polar surface area (TPSA) is 111 Å². The van der Waals surface area contributed by atoms with Gasteiger partial charge in [0.1, 0.15) is 5.75 Å². The summed E-state index contributed by atoms with van der Waals surface area (Å²) in [4.78, 5) is 25.9. The number of morpholine rings is 1. The maximum absolute atomic E-state index is 13.3. The first-order valence-electron chi connectivity index (χ1n) is 11.0. The number of thioether (sulfide) groups is 1. The number of benzene rings is 1. The number of esters is 1. The minimum Gasteiger partial charge on any atom is -0.496 e. The number of hydrogen-bond acceptors (Lipinski definition) is 8. The number of methoxy groups -OCH3 is 1. The van der Waals surface area contributed by atoms with Crippen molar-refractivity contribution >= 4 is 33.7 Å². The van der Waals surface area contributed by atoms with Crippen LogP contribution in [0.1, 0.15) is 36.5 Å². The number of hydrogen-bond donors (Lipinski definition) is 1. The van der Waals surface area contributed by atoms with Gasteiger partial charge in [-0.3, -0.25) is 4.79 Å². The monoisotopic (exact) mass is 496 g/mol. The van der Waals surface area contributed by atoms with Crippen LogP contribution < -0.4 is 10.1 Å². The molecule has 1 aromatic carbocycles. The van der Waals surface area contributed by atoms with Gasteiger partial charge in [-0.05, 0) is 38.0 Å². The number of fused-ring (bicyclic) bond motifs is 1. The van der Waals surface area contributed by atoms with E-state index < -0.39 is 21.9 Å². The maximum atomic E-state index is 13.3. The minimum atomic E-state index is -3.79. The average Bonchev–Trinajstić information content (AvgIpc) is 3.40. The summed E-state index contributed by atoms with van der Waals surface area (Å²) in [5.74, 6) is -0.644. The molecule has 4 rings (SSSR count). The van der Waals surface area contributed by atoms with Gasteiger partial charge < -0.3 is 19.5 Å². The third kappa shape index (κ3) is 4.77. The molecule has 180 valence electrons. The molecule has 0 aromatic heterocycles. The van der Waals surface area contributed by atoms with Gasteiger partial charge in [-0.15, -0.1) is 11.8 Å². The summed E-state index contributed by atoms with van der Waals surface area (Å²) in [5, 5.41) is 3.55. The molecular formula is C22H28N2O7S2. The van der Waals surface area contributed by atoms with E-state index in [4.69, 9.17) is 14.2 Å². The summed E-state index contributed by atoms with van der Waals surface area (Å²) < 4.78 is 43.3. The Kier molecular flexibility index (Phi) is 7.32. The van der Waals surface area contributed by atoms with Crippen molar-refractivity contribution < 1.29 is 32.2 Å². The number of ether oxygens (including phenoxy) is 3. The summed E-state index contributed by atoms with van der Waals surface area (Å²) >= 11 is 1.48. The summed E-state index contributed by atoms with van der Waals surface area (Å²) in [7, 11) is -2.37. The largest absolute Gasteiger partial charge is 0.496 e. The Morgan fingerprint density at radius 3 is 2.70 bits per heavy atom. The fraction of sp³-hybridized carbons (Fsp3) is 0.545. The maximum Gasteiger partial charge on any atom is 0.336 e. The number of nitrogens with one attached hydrogen (secondary N) is 1. The Morgan fingerprint density at radius 1 is 1.24 bits per heavy atom. The second-order valence-electron chi connectivity index (χ2n) is 7.99. The molecule has 33 heavy (non-hydrogen) atoms. The molecule has 1 aliphatic carbocycles. The van der Waals surface area contributed by atoms with Gasteiger partial charge in [0.05, 0.1) is 48.0 Å². The van der Waals surface area contributed by atoms with Gasteiger partial charge in [0.15, 0.2) is 0 Å². The predicted molar refractivity (Wildman–Crippen MR) is 122 cm³/mol. The lowest BCUT2D eigenvalue weighted by Gasteiger charge is -2.26. The molecule has 11 heteroatoms. The molecule has 2 fully saturated rings. The van der Waals surface area contributed by atoms with Crippen LogP contribution >= 0.6 is 11.8 Å². The van der Waals surface area contributed by atoms with Gasteiger partial charge in [0.2, 0.25) is 10.0 Å². The van der Waals surface area contributed by atoms with Gasteiger partial charge in [-0.25, -0.2) is 13.2 Å². The van der Waals surface area contributed by atoms with E-state index in [9.17, 15) is 18.0 Å². The van der Waals surface area contributed by atoms with Gasteiger partial charge in [0, 0.05) is 24.3 Å². The molecule has 0 unspecified atom stereocenters. The average molecular weight is 497 g/mol. The van der Waals surface area contributed by atoms with Crippen LogP contribution in [0.4, 0.5) is 0 Å². The summed E-state index contributed by atoms with van der Waals surface area (Å²) in [6.45, 7) is 3.16. The second kappa shape index (κ2) is 10.0. The molecule has 1 aromatic rings.